The second-order valence-electron chi connectivity index (χ2n) is 5.55. The number of nitrogens with zero attached hydrogens (tertiary/aromatic N) is 4. The van der Waals surface area contributed by atoms with Crippen LogP contribution in [0.2, 0.25) is 0 Å². The molecule has 3 rings (SSSR count). The normalized spacial score (nSPS) is 14.9. The first-order chi connectivity index (χ1) is 11.3. The van der Waals surface area contributed by atoms with Crippen molar-refractivity contribution in [1.29, 1.82) is 0 Å². The minimum atomic E-state index is -0.0268. The van der Waals surface area contributed by atoms with Crippen molar-refractivity contribution in [2.24, 2.45) is 0 Å². The first-order valence-electron chi connectivity index (χ1n) is 7.89. The van der Waals surface area contributed by atoms with Crippen molar-refractivity contribution in [1.82, 2.24) is 9.97 Å². The Balaban J connectivity index is 1.64. The van der Waals surface area contributed by atoms with Gasteiger partial charge in [0.1, 0.15) is 6.61 Å². The highest BCUT2D eigenvalue weighted by atomic mass is 16.5. The number of piperazine rings is 1. The van der Waals surface area contributed by atoms with Crippen LogP contribution in [0.3, 0.4) is 0 Å². The number of aryl methyl sites for hydroxylation is 1. The van der Waals surface area contributed by atoms with Crippen LogP contribution in [-0.4, -0.2) is 54.5 Å². The van der Waals surface area contributed by atoms with Crippen molar-refractivity contribution in [3.63, 3.8) is 0 Å². The van der Waals surface area contributed by atoms with E-state index in [0.717, 1.165) is 32.0 Å². The summed E-state index contributed by atoms with van der Waals surface area (Å²) in [6.07, 6.45) is 3.33. The summed E-state index contributed by atoms with van der Waals surface area (Å²) in [5.74, 6) is 1.28. The second kappa shape index (κ2) is 7.28. The van der Waals surface area contributed by atoms with Gasteiger partial charge < -0.3 is 19.6 Å². The minimum absolute atomic E-state index is 0.0268. The molecular weight excluding hydrogens is 292 g/mol. The Morgan fingerprint density at radius 3 is 2.57 bits per heavy atom. The zero-order chi connectivity index (χ0) is 16.1. The van der Waals surface area contributed by atoms with Crippen molar-refractivity contribution in [2.75, 3.05) is 49.2 Å². The number of aliphatic hydroxyl groups excluding tert-OH is 1. The molecule has 1 aromatic heterocycles. The quantitative estimate of drug-likeness (QED) is 0.902. The molecule has 0 atom stereocenters. The summed E-state index contributed by atoms with van der Waals surface area (Å²) in [4.78, 5) is 13.3. The highest BCUT2D eigenvalue weighted by Gasteiger charge is 2.19. The van der Waals surface area contributed by atoms with E-state index in [1.165, 1.54) is 11.3 Å². The van der Waals surface area contributed by atoms with Crippen LogP contribution < -0.4 is 14.5 Å². The van der Waals surface area contributed by atoms with Crippen LogP contribution in [0.25, 0.3) is 0 Å². The molecule has 6 heteroatoms. The lowest BCUT2D eigenvalue weighted by atomic mass is 10.1. The number of aliphatic hydroxyl groups is 1. The van der Waals surface area contributed by atoms with Crippen molar-refractivity contribution >= 4 is 11.5 Å². The van der Waals surface area contributed by atoms with Gasteiger partial charge in [-0.1, -0.05) is 18.2 Å². The SMILES string of the molecule is Cc1ccccc1N1CCN(c2cncc(OCCO)n2)CC1. The van der Waals surface area contributed by atoms with Gasteiger partial charge in [0.15, 0.2) is 5.82 Å². The van der Waals surface area contributed by atoms with E-state index >= 15 is 0 Å². The lowest BCUT2D eigenvalue weighted by molar-refractivity contribution is 0.196. The van der Waals surface area contributed by atoms with Gasteiger partial charge in [-0.25, -0.2) is 0 Å². The number of ether oxygens (including phenoxy) is 1. The molecule has 2 aromatic rings. The van der Waals surface area contributed by atoms with E-state index in [-0.39, 0.29) is 13.2 Å². The van der Waals surface area contributed by atoms with Crippen molar-refractivity contribution in [3.05, 3.63) is 42.2 Å². The van der Waals surface area contributed by atoms with Crippen molar-refractivity contribution in [3.8, 4) is 5.88 Å². The number of aromatic nitrogens is 2. The lowest BCUT2D eigenvalue weighted by Crippen LogP contribution is -2.47. The summed E-state index contributed by atoms with van der Waals surface area (Å²) in [7, 11) is 0. The third kappa shape index (κ3) is 3.71. The van der Waals surface area contributed by atoms with Gasteiger partial charge in [-0.3, -0.25) is 4.98 Å². The van der Waals surface area contributed by atoms with Crippen LogP contribution in [0.15, 0.2) is 36.7 Å². The average molecular weight is 314 g/mol. The molecule has 1 aliphatic heterocycles. The van der Waals surface area contributed by atoms with E-state index in [9.17, 15) is 0 Å². The molecule has 1 saturated heterocycles. The van der Waals surface area contributed by atoms with E-state index in [2.05, 4.69) is 51.0 Å². The monoisotopic (exact) mass is 314 g/mol. The Bertz CT molecular complexity index is 642. The maximum absolute atomic E-state index is 8.82. The van der Waals surface area contributed by atoms with Crippen LogP contribution in [-0.2, 0) is 0 Å². The Morgan fingerprint density at radius 1 is 1.09 bits per heavy atom. The summed E-state index contributed by atoms with van der Waals surface area (Å²) < 4.78 is 5.33. The zero-order valence-electron chi connectivity index (χ0n) is 13.4. The number of para-hydroxylation sites is 1. The smallest absolute Gasteiger partial charge is 0.234 e. The van der Waals surface area contributed by atoms with Crippen molar-refractivity contribution in [2.45, 2.75) is 6.92 Å². The predicted molar refractivity (Wildman–Crippen MR) is 90.2 cm³/mol. The van der Waals surface area contributed by atoms with Gasteiger partial charge in [-0.15, -0.1) is 0 Å². The van der Waals surface area contributed by atoms with Gasteiger partial charge in [-0.05, 0) is 18.6 Å². The van der Waals surface area contributed by atoms with Crippen LogP contribution in [0.5, 0.6) is 5.88 Å². The summed E-state index contributed by atoms with van der Waals surface area (Å²) in [6, 6.07) is 8.48. The zero-order valence-corrected chi connectivity index (χ0v) is 13.4. The molecule has 0 unspecified atom stereocenters. The second-order valence-corrected chi connectivity index (χ2v) is 5.55. The molecule has 0 aliphatic carbocycles. The maximum atomic E-state index is 8.82. The fraction of sp³-hybridized carbons (Fsp3) is 0.412. The molecule has 0 spiro atoms. The number of benzene rings is 1. The maximum Gasteiger partial charge on any atom is 0.234 e. The van der Waals surface area contributed by atoms with E-state index in [0.29, 0.717) is 5.88 Å². The molecule has 0 radical (unpaired) electrons. The van der Waals surface area contributed by atoms with E-state index in [1.807, 2.05) is 0 Å². The highest BCUT2D eigenvalue weighted by molar-refractivity contribution is 5.54. The standard InChI is InChI=1S/C17H22N4O2/c1-14-4-2-3-5-15(14)20-6-8-21(9-7-20)16-12-18-13-17(19-16)23-11-10-22/h2-5,12-13,22H,6-11H2,1H3. The lowest BCUT2D eigenvalue weighted by Gasteiger charge is -2.37. The van der Waals surface area contributed by atoms with E-state index in [4.69, 9.17) is 9.84 Å². The highest BCUT2D eigenvalue weighted by Crippen LogP contribution is 2.22. The Morgan fingerprint density at radius 2 is 1.83 bits per heavy atom. The summed E-state index contributed by atoms with van der Waals surface area (Å²) in [5, 5.41) is 8.82. The van der Waals surface area contributed by atoms with E-state index < -0.39 is 0 Å². The Labute approximate surface area is 136 Å². The third-order valence-corrected chi connectivity index (χ3v) is 4.00. The Kier molecular flexibility index (Phi) is 4.92. The molecule has 122 valence electrons. The molecule has 6 nitrogen and oxygen atoms in total. The van der Waals surface area contributed by atoms with Gasteiger partial charge in [-0.2, -0.15) is 4.98 Å². The molecule has 0 amide bonds. The first-order valence-corrected chi connectivity index (χ1v) is 7.89. The van der Waals surface area contributed by atoms with Crippen LogP contribution in [0.1, 0.15) is 5.56 Å². The first kappa shape index (κ1) is 15.6. The number of anilines is 2. The van der Waals surface area contributed by atoms with Gasteiger partial charge in [0.25, 0.3) is 0 Å². The summed E-state index contributed by atoms with van der Waals surface area (Å²) in [5.41, 5.74) is 2.61. The largest absolute Gasteiger partial charge is 0.474 e. The molecular formula is C17H22N4O2. The van der Waals surface area contributed by atoms with Crippen molar-refractivity contribution < 1.29 is 9.84 Å². The number of rotatable bonds is 5. The van der Waals surface area contributed by atoms with Gasteiger partial charge in [0.2, 0.25) is 5.88 Å². The minimum Gasteiger partial charge on any atom is -0.474 e. The van der Waals surface area contributed by atoms with Crippen LogP contribution >= 0.6 is 0 Å². The predicted octanol–water partition coefficient (Wildman–Crippen LogP) is 1.48. The van der Waals surface area contributed by atoms with Gasteiger partial charge in [0.05, 0.1) is 19.0 Å². The Hall–Kier alpha value is -2.34. The molecule has 1 fully saturated rings. The van der Waals surface area contributed by atoms with Crippen LogP contribution in [0, 0.1) is 6.92 Å². The fourth-order valence-electron chi connectivity index (χ4n) is 2.81. The molecule has 1 aromatic carbocycles. The number of hydrogen-bond acceptors (Lipinski definition) is 6. The summed E-state index contributed by atoms with van der Waals surface area (Å²) >= 11 is 0. The number of hydrogen-bond donors (Lipinski definition) is 1. The molecule has 0 saturated carbocycles. The van der Waals surface area contributed by atoms with E-state index in [1.54, 1.807) is 12.4 Å². The molecule has 1 aliphatic rings. The fourth-order valence-corrected chi connectivity index (χ4v) is 2.81. The summed E-state index contributed by atoms with van der Waals surface area (Å²) in [6.45, 7) is 6.05. The van der Waals surface area contributed by atoms with Gasteiger partial charge in [0, 0.05) is 31.9 Å². The third-order valence-electron chi connectivity index (χ3n) is 4.00. The topological polar surface area (TPSA) is 61.7 Å². The van der Waals surface area contributed by atoms with Gasteiger partial charge >= 0.3 is 0 Å². The average Bonchev–Trinajstić information content (AvgIpc) is 2.61. The molecule has 2 heterocycles. The molecule has 1 N–H and O–H groups in total. The molecule has 23 heavy (non-hydrogen) atoms. The van der Waals surface area contributed by atoms with Crippen LogP contribution in [0.4, 0.5) is 11.5 Å². The molecule has 0 bridgehead atoms.